The van der Waals surface area contributed by atoms with E-state index in [1.165, 1.54) is 12.1 Å². The van der Waals surface area contributed by atoms with E-state index >= 15 is 0 Å². The van der Waals surface area contributed by atoms with Crippen molar-refractivity contribution in [3.63, 3.8) is 0 Å². The van der Waals surface area contributed by atoms with Crippen LogP contribution in [0.3, 0.4) is 0 Å². The zero-order valence-corrected chi connectivity index (χ0v) is 13.0. The number of sulfonamides is 1. The number of halogens is 2. The SMILES string of the molecule is Cc1cc(F)ccc1S(=O)(=O)NC(C)(C)CCBr. The normalized spacial score (nSPS) is 12.7. The molecule has 1 aromatic carbocycles. The lowest BCUT2D eigenvalue weighted by Gasteiger charge is -2.25. The molecule has 0 bridgehead atoms. The lowest BCUT2D eigenvalue weighted by molar-refractivity contribution is 0.443. The molecule has 0 aliphatic rings. The van der Waals surface area contributed by atoms with Crippen molar-refractivity contribution in [1.29, 1.82) is 0 Å². The molecule has 6 heteroatoms. The Labute approximate surface area is 116 Å². The van der Waals surface area contributed by atoms with Gasteiger partial charge in [0.05, 0.1) is 4.90 Å². The molecule has 0 heterocycles. The van der Waals surface area contributed by atoms with Crippen LogP contribution in [0.15, 0.2) is 23.1 Å². The fraction of sp³-hybridized carbons (Fsp3) is 0.500. The van der Waals surface area contributed by atoms with Crippen molar-refractivity contribution in [3.8, 4) is 0 Å². The van der Waals surface area contributed by atoms with Gasteiger partial charge in [0.15, 0.2) is 0 Å². The van der Waals surface area contributed by atoms with Crippen LogP contribution in [0.2, 0.25) is 0 Å². The minimum absolute atomic E-state index is 0.117. The first kappa shape index (κ1) is 15.6. The first-order valence-corrected chi connectivity index (χ1v) is 8.14. The van der Waals surface area contributed by atoms with Gasteiger partial charge in [-0.15, -0.1) is 0 Å². The van der Waals surface area contributed by atoms with Gasteiger partial charge in [-0.2, -0.15) is 0 Å². The topological polar surface area (TPSA) is 46.2 Å². The highest BCUT2D eigenvalue weighted by Gasteiger charge is 2.26. The third-order valence-corrected chi connectivity index (χ3v) is 4.81. The summed E-state index contributed by atoms with van der Waals surface area (Å²) in [6.45, 7) is 5.20. The van der Waals surface area contributed by atoms with Crippen molar-refractivity contribution in [2.45, 2.75) is 37.6 Å². The first-order chi connectivity index (χ1) is 8.18. The lowest BCUT2D eigenvalue weighted by atomic mass is 10.0. The largest absolute Gasteiger partial charge is 0.241 e. The van der Waals surface area contributed by atoms with Crippen LogP contribution in [0.5, 0.6) is 0 Å². The van der Waals surface area contributed by atoms with Gasteiger partial charge < -0.3 is 0 Å². The monoisotopic (exact) mass is 337 g/mol. The molecule has 0 amide bonds. The Morgan fingerprint density at radius 2 is 2.00 bits per heavy atom. The third-order valence-electron chi connectivity index (χ3n) is 2.56. The molecule has 0 aromatic heterocycles. The zero-order valence-electron chi connectivity index (χ0n) is 10.6. The van der Waals surface area contributed by atoms with E-state index in [1.54, 1.807) is 6.92 Å². The van der Waals surface area contributed by atoms with E-state index in [9.17, 15) is 12.8 Å². The molecule has 0 aliphatic heterocycles. The van der Waals surface area contributed by atoms with Gasteiger partial charge in [0.1, 0.15) is 5.82 Å². The van der Waals surface area contributed by atoms with E-state index in [1.807, 2.05) is 13.8 Å². The number of nitrogens with one attached hydrogen (secondary N) is 1. The highest BCUT2D eigenvalue weighted by molar-refractivity contribution is 9.09. The molecule has 1 aromatic rings. The molecule has 0 spiro atoms. The number of alkyl halides is 1. The number of rotatable bonds is 5. The second kappa shape index (κ2) is 5.67. The maximum absolute atomic E-state index is 13.0. The highest BCUT2D eigenvalue weighted by atomic mass is 79.9. The van der Waals surface area contributed by atoms with Crippen molar-refractivity contribution < 1.29 is 12.8 Å². The average molecular weight is 338 g/mol. The number of hydrogen-bond donors (Lipinski definition) is 1. The van der Waals surface area contributed by atoms with Gasteiger partial charge in [0, 0.05) is 10.9 Å². The summed E-state index contributed by atoms with van der Waals surface area (Å²) in [5, 5.41) is 0.699. The van der Waals surface area contributed by atoms with Crippen LogP contribution in [0.25, 0.3) is 0 Å². The Morgan fingerprint density at radius 1 is 1.39 bits per heavy atom. The molecule has 18 heavy (non-hydrogen) atoms. The molecule has 0 saturated carbocycles. The van der Waals surface area contributed by atoms with Gasteiger partial charge in [-0.1, -0.05) is 15.9 Å². The van der Waals surface area contributed by atoms with Crippen LogP contribution in [-0.4, -0.2) is 19.3 Å². The Balaban J connectivity index is 3.07. The maximum Gasteiger partial charge on any atom is 0.241 e. The quantitative estimate of drug-likeness (QED) is 0.839. The van der Waals surface area contributed by atoms with Gasteiger partial charge in [0.2, 0.25) is 10.0 Å². The summed E-state index contributed by atoms with van der Waals surface area (Å²) in [6.07, 6.45) is 0.659. The Morgan fingerprint density at radius 3 is 2.50 bits per heavy atom. The van der Waals surface area contributed by atoms with E-state index in [2.05, 4.69) is 20.7 Å². The molecule has 0 saturated heterocycles. The molecule has 1 rings (SSSR count). The van der Waals surface area contributed by atoms with Gasteiger partial charge >= 0.3 is 0 Å². The van der Waals surface area contributed by atoms with Crippen molar-refractivity contribution in [2.75, 3.05) is 5.33 Å². The second-order valence-electron chi connectivity index (χ2n) is 4.84. The predicted octanol–water partition coefficient (Wildman–Crippen LogP) is 2.98. The molecule has 0 aliphatic carbocycles. The number of hydrogen-bond acceptors (Lipinski definition) is 2. The molecule has 0 atom stereocenters. The minimum atomic E-state index is -3.63. The van der Waals surface area contributed by atoms with Crippen LogP contribution >= 0.6 is 15.9 Å². The van der Waals surface area contributed by atoms with Crippen LogP contribution < -0.4 is 4.72 Å². The van der Waals surface area contributed by atoms with Gasteiger partial charge in [0.25, 0.3) is 0 Å². The van der Waals surface area contributed by atoms with E-state index in [0.29, 0.717) is 17.3 Å². The highest BCUT2D eigenvalue weighted by Crippen LogP contribution is 2.20. The van der Waals surface area contributed by atoms with Gasteiger partial charge in [-0.3, -0.25) is 0 Å². The molecule has 0 unspecified atom stereocenters. The Hall–Kier alpha value is -0.460. The Bertz CT molecular complexity index is 529. The molecular formula is C12H17BrFNO2S. The predicted molar refractivity (Wildman–Crippen MR) is 73.9 cm³/mol. The lowest BCUT2D eigenvalue weighted by Crippen LogP contribution is -2.43. The van der Waals surface area contributed by atoms with Crippen molar-refractivity contribution in [3.05, 3.63) is 29.6 Å². The van der Waals surface area contributed by atoms with E-state index in [0.717, 1.165) is 6.07 Å². The van der Waals surface area contributed by atoms with Crippen LogP contribution in [0.4, 0.5) is 4.39 Å². The maximum atomic E-state index is 13.0. The molecule has 0 fully saturated rings. The zero-order chi connectivity index (χ0) is 14.0. The third kappa shape index (κ3) is 4.03. The van der Waals surface area contributed by atoms with E-state index in [-0.39, 0.29) is 4.90 Å². The number of benzene rings is 1. The Kier molecular flexibility index (Phi) is 4.91. The van der Waals surface area contributed by atoms with Crippen LogP contribution in [-0.2, 0) is 10.0 Å². The van der Waals surface area contributed by atoms with Crippen LogP contribution in [0, 0.1) is 12.7 Å². The number of aryl methyl sites for hydroxylation is 1. The molecule has 1 N–H and O–H groups in total. The van der Waals surface area contributed by atoms with E-state index in [4.69, 9.17) is 0 Å². The second-order valence-corrected chi connectivity index (χ2v) is 7.28. The van der Waals surface area contributed by atoms with Gasteiger partial charge in [-0.25, -0.2) is 17.5 Å². The summed E-state index contributed by atoms with van der Waals surface area (Å²) in [7, 11) is -3.63. The van der Waals surface area contributed by atoms with Crippen molar-refractivity contribution in [1.82, 2.24) is 4.72 Å². The minimum Gasteiger partial charge on any atom is -0.207 e. The van der Waals surface area contributed by atoms with Crippen LogP contribution in [0.1, 0.15) is 25.8 Å². The van der Waals surface area contributed by atoms with Crippen molar-refractivity contribution >= 4 is 26.0 Å². The summed E-state index contributed by atoms with van der Waals surface area (Å²) in [6, 6.07) is 3.66. The summed E-state index contributed by atoms with van der Waals surface area (Å²) in [5.41, 5.74) is -0.152. The summed E-state index contributed by atoms with van der Waals surface area (Å²) >= 11 is 3.29. The summed E-state index contributed by atoms with van der Waals surface area (Å²) in [4.78, 5) is 0.117. The first-order valence-electron chi connectivity index (χ1n) is 5.54. The smallest absolute Gasteiger partial charge is 0.207 e. The van der Waals surface area contributed by atoms with Crippen molar-refractivity contribution in [2.24, 2.45) is 0 Å². The van der Waals surface area contributed by atoms with E-state index < -0.39 is 21.4 Å². The molecular weight excluding hydrogens is 321 g/mol. The molecule has 102 valence electrons. The summed E-state index contributed by atoms with van der Waals surface area (Å²) < 4.78 is 40.0. The standard InChI is InChI=1S/C12H17BrFNO2S/c1-9-8-10(14)4-5-11(9)18(16,17)15-12(2,3)6-7-13/h4-5,8,15H,6-7H2,1-3H3. The van der Waals surface area contributed by atoms with Gasteiger partial charge in [-0.05, 0) is 51.0 Å². The summed E-state index contributed by atoms with van der Waals surface area (Å²) in [5.74, 6) is -0.439. The average Bonchev–Trinajstić information content (AvgIpc) is 2.14. The molecule has 0 radical (unpaired) electrons. The fourth-order valence-electron chi connectivity index (χ4n) is 1.62. The fourth-order valence-corrected chi connectivity index (χ4v) is 4.28. The molecule has 3 nitrogen and oxygen atoms in total.